The number of hydrogen-bond acceptors (Lipinski definition) is 3. The van der Waals surface area contributed by atoms with E-state index in [-0.39, 0.29) is 15.7 Å². The lowest BCUT2D eigenvalue weighted by Gasteiger charge is -2.52. The molecule has 0 spiro atoms. The molecule has 0 N–H and O–H groups in total. The van der Waals surface area contributed by atoms with Gasteiger partial charge in [0.05, 0.1) is 18.5 Å². The Balaban J connectivity index is 5.69. The van der Waals surface area contributed by atoms with Crippen molar-refractivity contribution in [2.24, 2.45) is 0 Å². The minimum absolute atomic E-state index is 0.0593. The molecule has 27 heavy (non-hydrogen) atoms. The van der Waals surface area contributed by atoms with Crippen molar-refractivity contribution in [1.29, 1.82) is 0 Å². The number of hydrogen-bond donors (Lipinski definition) is 0. The van der Waals surface area contributed by atoms with E-state index < -0.39 is 33.7 Å². The van der Waals surface area contributed by atoms with Gasteiger partial charge in [-0.1, -0.05) is 33.5 Å². The van der Waals surface area contributed by atoms with Gasteiger partial charge in [-0.05, 0) is 79.8 Å². The molecule has 0 radical (unpaired) electrons. The van der Waals surface area contributed by atoms with Crippen molar-refractivity contribution in [1.82, 2.24) is 0 Å². The zero-order chi connectivity index (χ0) is 22.1. The Morgan fingerprint density at radius 2 is 1.19 bits per heavy atom. The third kappa shape index (κ3) is 7.19. The second-order valence-electron chi connectivity index (χ2n) is 11.6. The van der Waals surface area contributed by atoms with E-state index in [1.165, 1.54) is 0 Å². The fraction of sp³-hybridized carbons (Fsp3) is 1.00. The van der Waals surface area contributed by atoms with Crippen molar-refractivity contribution >= 4 is 33.7 Å². The first-order valence-corrected chi connectivity index (χ1v) is 22.8. The maximum Gasteiger partial charge on any atom is 0.216 e. The summed E-state index contributed by atoms with van der Waals surface area (Å²) >= 11 is 0. The van der Waals surface area contributed by atoms with Crippen LogP contribution in [0.1, 0.15) is 54.4 Å². The summed E-state index contributed by atoms with van der Waals surface area (Å²) in [5.74, 6) is 0. The summed E-state index contributed by atoms with van der Waals surface area (Å²) in [6.45, 7) is 34.7. The van der Waals surface area contributed by atoms with Crippen LogP contribution >= 0.6 is 0 Å². The van der Waals surface area contributed by atoms with Crippen LogP contribution in [0.3, 0.4) is 0 Å². The minimum Gasteiger partial charge on any atom is -0.413 e. The van der Waals surface area contributed by atoms with E-state index in [0.29, 0.717) is 0 Å². The van der Waals surface area contributed by atoms with Crippen LogP contribution in [0.4, 0.5) is 0 Å². The van der Waals surface area contributed by atoms with Crippen LogP contribution < -0.4 is 0 Å². The summed E-state index contributed by atoms with van der Waals surface area (Å²) in [5, 5.41) is -0.384. The van der Waals surface area contributed by atoms with Crippen LogP contribution in [0, 0.1) is 0 Å². The van der Waals surface area contributed by atoms with E-state index in [1.807, 2.05) is 0 Å². The van der Waals surface area contributed by atoms with Crippen LogP contribution in [-0.2, 0) is 13.3 Å². The van der Waals surface area contributed by atoms with E-state index in [0.717, 1.165) is 12.8 Å². The molecule has 0 rings (SSSR count). The fourth-order valence-electron chi connectivity index (χ4n) is 3.21. The Morgan fingerprint density at radius 1 is 0.741 bits per heavy atom. The van der Waals surface area contributed by atoms with Gasteiger partial charge in [0.1, 0.15) is 0 Å². The molecule has 0 bridgehead atoms. The summed E-state index contributed by atoms with van der Waals surface area (Å²) < 4.78 is 20.6. The van der Waals surface area contributed by atoms with E-state index in [4.69, 9.17) is 13.3 Å². The molecule has 3 atom stereocenters. The molecule has 0 amide bonds. The summed E-state index contributed by atoms with van der Waals surface area (Å²) in [7, 11) is -6.80. The van der Waals surface area contributed by atoms with E-state index in [1.54, 1.807) is 0 Å². The van der Waals surface area contributed by atoms with E-state index >= 15 is 0 Å². The largest absolute Gasteiger partial charge is 0.413 e. The molecule has 0 aromatic carbocycles. The van der Waals surface area contributed by atoms with Crippen molar-refractivity contribution in [3.8, 4) is 0 Å². The zero-order valence-electron chi connectivity index (χ0n) is 21.2. The Labute approximate surface area is 176 Å². The lowest BCUT2D eigenvalue weighted by Crippen LogP contribution is -2.66. The fourth-order valence-corrected chi connectivity index (χ4v) is 14.2. The maximum absolute atomic E-state index is 7.00. The van der Waals surface area contributed by atoms with Gasteiger partial charge in [0.15, 0.2) is 8.32 Å². The Bertz CT molecular complexity index is 483. The molecule has 0 aliphatic rings. The van der Waals surface area contributed by atoms with Gasteiger partial charge in [0.2, 0.25) is 17.4 Å². The highest BCUT2D eigenvalue weighted by Gasteiger charge is 2.52. The average molecular weight is 451 g/mol. The lowest BCUT2D eigenvalue weighted by atomic mass is 10.3. The quantitative estimate of drug-likeness (QED) is 0.336. The van der Waals surface area contributed by atoms with Crippen molar-refractivity contribution in [3.63, 3.8) is 0 Å². The molecular weight excluding hydrogens is 401 g/mol. The lowest BCUT2D eigenvalue weighted by molar-refractivity contribution is 0.0620. The smallest absolute Gasteiger partial charge is 0.216 e. The predicted octanol–water partition coefficient (Wildman–Crippen LogP) is 6.50. The first-order valence-electron chi connectivity index (χ1n) is 10.7. The molecule has 7 heteroatoms. The Kier molecular flexibility index (Phi) is 9.10. The van der Waals surface area contributed by atoms with Crippen LogP contribution in [0.2, 0.25) is 58.9 Å². The SMILES string of the molecule is CCC(C)(O[Si](C)(C)C)[SiH](C)OC(C)(CC)[Si](C)(C)OC(C)(C)[Si](C)(C)C. The van der Waals surface area contributed by atoms with Gasteiger partial charge in [-0.2, -0.15) is 0 Å². The molecule has 0 heterocycles. The maximum atomic E-state index is 7.00. The first-order chi connectivity index (χ1) is 11.7. The predicted molar refractivity (Wildman–Crippen MR) is 132 cm³/mol. The average Bonchev–Trinajstić information content (AvgIpc) is 2.42. The molecule has 3 nitrogen and oxygen atoms in total. The van der Waals surface area contributed by atoms with E-state index in [2.05, 4.69) is 100 Å². The number of rotatable bonds is 11. The molecule has 0 aromatic rings. The van der Waals surface area contributed by atoms with Crippen LogP contribution in [-0.4, -0.2) is 49.4 Å². The summed E-state index contributed by atoms with van der Waals surface area (Å²) in [5.41, 5.74) is 0. The summed E-state index contributed by atoms with van der Waals surface area (Å²) in [6.07, 6.45) is 1.99. The highest BCUT2D eigenvalue weighted by atomic mass is 28.4. The Morgan fingerprint density at radius 3 is 1.48 bits per heavy atom. The molecule has 0 aliphatic carbocycles. The molecule has 164 valence electrons. The molecular formula is C20H50O3Si4. The Hall–Kier alpha value is 0.748. The highest BCUT2D eigenvalue weighted by molar-refractivity contribution is 6.81. The van der Waals surface area contributed by atoms with Crippen LogP contribution in [0.15, 0.2) is 0 Å². The van der Waals surface area contributed by atoms with Crippen molar-refractivity contribution in [3.05, 3.63) is 0 Å². The third-order valence-electron chi connectivity index (χ3n) is 6.80. The van der Waals surface area contributed by atoms with Crippen molar-refractivity contribution in [2.45, 2.75) is 129 Å². The van der Waals surface area contributed by atoms with Gasteiger partial charge < -0.3 is 13.3 Å². The van der Waals surface area contributed by atoms with E-state index in [9.17, 15) is 0 Å². The minimum atomic E-state index is -2.11. The highest BCUT2D eigenvalue weighted by Crippen LogP contribution is 2.38. The monoisotopic (exact) mass is 450 g/mol. The summed E-state index contributed by atoms with van der Waals surface area (Å²) in [6, 6.07) is 0. The molecule has 0 aromatic heterocycles. The second-order valence-corrected chi connectivity index (χ2v) is 28.8. The van der Waals surface area contributed by atoms with Gasteiger partial charge >= 0.3 is 0 Å². The zero-order valence-corrected chi connectivity index (χ0v) is 25.4. The van der Waals surface area contributed by atoms with Crippen LogP contribution in [0.25, 0.3) is 0 Å². The summed E-state index contributed by atoms with van der Waals surface area (Å²) in [4.78, 5) is 0. The van der Waals surface area contributed by atoms with Crippen molar-refractivity contribution < 1.29 is 13.3 Å². The normalized spacial score (nSPS) is 20.1. The molecule has 0 fully saturated rings. The molecule has 0 saturated carbocycles. The second kappa shape index (κ2) is 8.86. The van der Waals surface area contributed by atoms with Gasteiger partial charge in [0, 0.05) is 5.22 Å². The third-order valence-corrected chi connectivity index (χ3v) is 19.4. The molecule has 0 aliphatic heterocycles. The van der Waals surface area contributed by atoms with Gasteiger partial charge in [0.25, 0.3) is 0 Å². The van der Waals surface area contributed by atoms with Gasteiger partial charge in [-0.25, -0.2) is 0 Å². The van der Waals surface area contributed by atoms with Crippen molar-refractivity contribution in [2.75, 3.05) is 0 Å². The van der Waals surface area contributed by atoms with Gasteiger partial charge in [-0.3, -0.25) is 0 Å². The topological polar surface area (TPSA) is 27.7 Å². The van der Waals surface area contributed by atoms with Crippen LogP contribution in [0.5, 0.6) is 0 Å². The molecule has 3 unspecified atom stereocenters. The first kappa shape index (κ1) is 27.7. The molecule has 0 saturated heterocycles. The standard InChI is InChI=1S/C20H50O3Si4/c1-16-19(5,23-26(11,12)13)24(7)21-20(6,17-2)27(14,15)22-18(3,4)25(8,9)10/h24H,16-17H2,1-15H3. The van der Waals surface area contributed by atoms with Gasteiger partial charge in [-0.15, -0.1) is 0 Å².